The molecule has 1 N–H and O–H groups in total. The van der Waals surface area contributed by atoms with E-state index in [1.165, 1.54) is 24.5 Å². The molecule has 1 amide bonds. The van der Waals surface area contributed by atoms with Crippen LogP contribution in [0.25, 0.3) is 6.08 Å². The molecule has 0 aliphatic heterocycles. The van der Waals surface area contributed by atoms with Gasteiger partial charge in [-0.1, -0.05) is 29.8 Å². The molecule has 0 bridgehead atoms. The Bertz CT molecular complexity index is 1520. The fraction of sp³-hybridized carbons (Fsp3) is 0.214. The maximum absolute atomic E-state index is 12.9. The smallest absolute Gasteiger partial charge is 0.266 e. The van der Waals surface area contributed by atoms with E-state index in [2.05, 4.69) is 17.5 Å². The number of rotatable bonds is 7. The van der Waals surface area contributed by atoms with Crippen LogP contribution in [0, 0.1) is 34.0 Å². The van der Waals surface area contributed by atoms with Crippen molar-refractivity contribution in [2.75, 3.05) is 12.4 Å². The molecule has 0 atom stereocenters. The number of halogens is 1. The molecule has 0 spiro atoms. The Hall–Kier alpha value is -4.29. The molecule has 0 fully saturated rings. The van der Waals surface area contributed by atoms with Crippen LogP contribution in [0.15, 0.2) is 42.0 Å². The van der Waals surface area contributed by atoms with E-state index < -0.39 is 5.91 Å². The Morgan fingerprint density at radius 3 is 2.68 bits per heavy atom. The number of anilines is 1. The van der Waals surface area contributed by atoms with Gasteiger partial charge >= 0.3 is 0 Å². The number of aryl methyl sites for hydroxylation is 1. The lowest BCUT2D eigenvalue weighted by Crippen LogP contribution is -2.13. The fourth-order valence-corrected chi connectivity index (χ4v) is 5.63. The van der Waals surface area contributed by atoms with Gasteiger partial charge in [-0.25, -0.2) is 0 Å². The Balaban J connectivity index is 1.57. The monoisotopic (exact) mass is 528 g/mol. The highest BCUT2D eigenvalue weighted by Gasteiger charge is 2.23. The zero-order valence-electron chi connectivity index (χ0n) is 19.9. The molecule has 0 saturated heterocycles. The molecule has 0 saturated carbocycles. The highest BCUT2D eigenvalue weighted by Crippen LogP contribution is 2.39. The average molecular weight is 529 g/mol. The summed E-state index contributed by atoms with van der Waals surface area (Å²) >= 11 is 7.87. The maximum atomic E-state index is 12.9. The van der Waals surface area contributed by atoms with Crippen molar-refractivity contribution in [3.05, 3.63) is 79.7 Å². The largest absolute Gasteiger partial charge is 0.493 e. The Morgan fingerprint density at radius 1 is 1.16 bits per heavy atom. The van der Waals surface area contributed by atoms with Crippen LogP contribution in [-0.2, 0) is 24.2 Å². The van der Waals surface area contributed by atoms with Gasteiger partial charge in [0.2, 0.25) is 0 Å². The first-order valence-corrected chi connectivity index (χ1v) is 12.6. The molecule has 0 unspecified atom stereocenters. The summed E-state index contributed by atoms with van der Waals surface area (Å²) in [4.78, 5) is 14.1. The van der Waals surface area contributed by atoms with Crippen LogP contribution in [0.4, 0.5) is 5.00 Å². The van der Waals surface area contributed by atoms with E-state index in [4.69, 9.17) is 21.1 Å². The topological polar surface area (TPSA) is 119 Å². The normalized spacial score (nSPS) is 12.5. The van der Waals surface area contributed by atoms with Crippen molar-refractivity contribution in [1.82, 2.24) is 0 Å². The number of hydrogen-bond donors (Lipinski definition) is 1. The summed E-state index contributed by atoms with van der Waals surface area (Å²) in [5.41, 5.74) is 2.99. The number of nitriles is 3. The minimum atomic E-state index is -0.610. The van der Waals surface area contributed by atoms with E-state index in [1.54, 1.807) is 30.3 Å². The molecular formula is C28H21ClN4O3S. The van der Waals surface area contributed by atoms with E-state index in [0.717, 1.165) is 36.1 Å². The average Bonchev–Trinajstić information content (AvgIpc) is 3.27. The van der Waals surface area contributed by atoms with E-state index in [0.29, 0.717) is 33.0 Å². The number of benzene rings is 2. The number of thiophene rings is 1. The van der Waals surface area contributed by atoms with Crippen molar-refractivity contribution >= 4 is 39.9 Å². The number of amides is 1. The number of methoxy groups -OCH3 is 1. The van der Waals surface area contributed by atoms with Crippen LogP contribution in [0.5, 0.6) is 11.5 Å². The van der Waals surface area contributed by atoms with Gasteiger partial charge in [0, 0.05) is 10.4 Å². The second kappa shape index (κ2) is 11.6. The first-order chi connectivity index (χ1) is 18.0. The summed E-state index contributed by atoms with van der Waals surface area (Å²) in [5, 5.41) is 32.0. The van der Waals surface area contributed by atoms with Crippen LogP contribution in [0.2, 0.25) is 5.02 Å². The standard InChI is InChI=1S/C28H21ClN4O3S/c1-35-24-12-17(11-23(29)26(24)36-16-19-7-3-2-6-18(19)13-30)10-20(14-31)27(34)33-28-22(15-32)21-8-4-5-9-25(21)37-28/h2-3,6-7,10-12H,4-5,8-9,16H2,1H3,(H,33,34)/b20-10+. The lowest BCUT2D eigenvalue weighted by Gasteiger charge is -2.14. The molecule has 1 aliphatic carbocycles. The summed E-state index contributed by atoms with van der Waals surface area (Å²) in [6.45, 7) is 0.104. The molecule has 1 heterocycles. The van der Waals surface area contributed by atoms with E-state index in [-0.39, 0.29) is 23.0 Å². The molecule has 1 aliphatic rings. The molecule has 1 aromatic heterocycles. The van der Waals surface area contributed by atoms with Gasteiger partial charge in [-0.15, -0.1) is 11.3 Å². The first kappa shape index (κ1) is 25.8. The number of nitrogens with one attached hydrogen (secondary N) is 1. The molecule has 37 heavy (non-hydrogen) atoms. The van der Waals surface area contributed by atoms with Crippen molar-refractivity contribution in [3.8, 4) is 29.7 Å². The van der Waals surface area contributed by atoms with Gasteiger partial charge in [-0.05, 0) is 61.1 Å². The van der Waals surface area contributed by atoms with E-state index >= 15 is 0 Å². The highest BCUT2D eigenvalue weighted by molar-refractivity contribution is 7.16. The molecule has 3 aromatic rings. The SMILES string of the molecule is COc1cc(/C=C(\C#N)C(=O)Nc2sc3c(c2C#N)CCCC3)cc(Cl)c1OCc1ccccc1C#N. The van der Waals surface area contributed by atoms with Gasteiger partial charge in [-0.2, -0.15) is 15.8 Å². The Labute approximate surface area is 223 Å². The van der Waals surface area contributed by atoms with Crippen LogP contribution in [-0.4, -0.2) is 13.0 Å². The van der Waals surface area contributed by atoms with Gasteiger partial charge < -0.3 is 14.8 Å². The zero-order valence-corrected chi connectivity index (χ0v) is 21.5. The van der Waals surface area contributed by atoms with E-state index in [1.807, 2.05) is 12.1 Å². The quantitative estimate of drug-likeness (QED) is 0.290. The van der Waals surface area contributed by atoms with Crippen molar-refractivity contribution in [2.24, 2.45) is 0 Å². The first-order valence-electron chi connectivity index (χ1n) is 11.4. The van der Waals surface area contributed by atoms with Gasteiger partial charge in [0.1, 0.15) is 29.3 Å². The van der Waals surface area contributed by atoms with Gasteiger partial charge in [-0.3, -0.25) is 4.79 Å². The number of nitrogens with zero attached hydrogens (tertiary/aromatic N) is 3. The van der Waals surface area contributed by atoms with Crippen LogP contribution in [0.3, 0.4) is 0 Å². The lowest BCUT2D eigenvalue weighted by atomic mass is 9.96. The Morgan fingerprint density at radius 2 is 1.95 bits per heavy atom. The molecule has 2 aromatic carbocycles. The minimum Gasteiger partial charge on any atom is -0.493 e. The van der Waals surface area contributed by atoms with Crippen LogP contribution >= 0.6 is 22.9 Å². The van der Waals surface area contributed by atoms with Gasteiger partial charge in [0.05, 0.1) is 29.3 Å². The van der Waals surface area contributed by atoms with Crippen molar-refractivity contribution in [1.29, 1.82) is 15.8 Å². The van der Waals surface area contributed by atoms with Crippen molar-refractivity contribution in [2.45, 2.75) is 32.3 Å². The zero-order chi connectivity index (χ0) is 26.4. The molecule has 0 radical (unpaired) electrons. The van der Waals surface area contributed by atoms with Gasteiger partial charge in [0.15, 0.2) is 11.5 Å². The Kier molecular flexibility index (Phi) is 8.11. The summed E-state index contributed by atoms with van der Waals surface area (Å²) in [7, 11) is 1.45. The van der Waals surface area contributed by atoms with Gasteiger partial charge in [0.25, 0.3) is 5.91 Å². The third-order valence-corrected chi connectivity index (χ3v) is 7.44. The number of hydrogen-bond acceptors (Lipinski definition) is 7. The van der Waals surface area contributed by atoms with E-state index in [9.17, 15) is 20.6 Å². The molecular weight excluding hydrogens is 508 g/mol. The molecule has 184 valence electrons. The maximum Gasteiger partial charge on any atom is 0.266 e. The number of carbonyl (C=O) groups excluding carboxylic acids is 1. The predicted octanol–water partition coefficient (Wildman–Crippen LogP) is 6.16. The van der Waals surface area contributed by atoms with Crippen molar-refractivity contribution in [3.63, 3.8) is 0 Å². The van der Waals surface area contributed by atoms with Crippen LogP contribution < -0.4 is 14.8 Å². The summed E-state index contributed by atoms with van der Waals surface area (Å²) in [5.74, 6) is -0.0236. The summed E-state index contributed by atoms with van der Waals surface area (Å²) in [6, 6.07) is 16.5. The third-order valence-electron chi connectivity index (χ3n) is 5.95. The van der Waals surface area contributed by atoms with Crippen molar-refractivity contribution < 1.29 is 14.3 Å². The number of carbonyl (C=O) groups is 1. The second-order valence-electron chi connectivity index (χ2n) is 8.24. The fourth-order valence-electron chi connectivity index (χ4n) is 4.13. The number of ether oxygens (including phenoxy) is 2. The highest BCUT2D eigenvalue weighted by atomic mass is 35.5. The van der Waals surface area contributed by atoms with Crippen LogP contribution in [0.1, 0.15) is 45.5 Å². The molecule has 4 rings (SSSR count). The lowest BCUT2D eigenvalue weighted by molar-refractivity contribution is -0.112. The molecule has 9 heteroatoms. The predicted molar refractivity (Wildman–Crippen MR) is 141 cm³/mol. The number of fused-ring (bicyclic) bond motifs is 1. The second-order valence-corrected chi connectivity index (χ2v) is 9.75. The minimum absolute atomic E-state index is 0.104. The molecule has 7 nitrogen and oxygen atoms in total. The third kappa shape index (κ3) is 5.60. The summed E-state index contributed by atoms with van der Waals surface area (Å²) < 4.78 is 11.3. The summed E-state index contributed by atoms with van der Waals surface area (Å²) in [6.07, 6.45) is 5.18.